The molecular formula is C41H42BrNO5. The largest absolute Gasteiger partial charge is 0.493 e. The van der Waals surface area contributed by atoms with Gasteiger partial charge in [0.1, 0.15) is 17.3 Å². The fourth-order valence-corrected chi connectivity index (χ4v) is 5.39. The maximum Gasteiger partial charge on any atom is 0.303 e. The maximum absolute atomic E-state index is 11.4. The summed E-state index contributed by atoms with van der Waals surface area (Å²) < 4.78 is 12.4. The van der Waals surface area contributed by atoms with Crippen LogP contribution in [0.5, 0.6) is 11.5 Å². The van der Waals surface area contributed by atoms with Crippen molar-refractivity contribution in [2.45, 2.75) is 51.4 Å². The van der Waals surface area contributed by atoms with Crippen LogP contribution in [0.2, 0.25) is 0 Å². The number of nitrogens with two attached hydrogens (primary N) is 1. The number of aliphatic carboxylic acids is 1. The van der Waals surface area contributed by atoms with E-state index in [2.05, 4.69) is 52.3 Å². The molecule has 0 aromatic heterocycles. The summed E-state index contributed by atoms with van der Waals surface area (Å²) in [5, 5.41) is 8.74. The van der Waals surface area contributed by atoms with E-state index < -0.39 is 11.9 Å². The van der Waals surface area contributed by atoms with Crippen LogP contribution in [-0.4, -0.2) is 23.6 Å². The molecule has 0 aliphatic heterocycles. The van der Waals surface area contributed by atoms with Crippen molar-refractivity contribution in [3.8, 4) is 22.6 Å². The van der Waals surface area contributed by atoms with E-state index in [1.807, 2.05) is 78.9 Å². The van der Waals surface area contributed by atoms with Gasteiger partial charge in [0.25, 0.3) is 5.91 Å². The Labute approximate surface area is 291 Å². The standard InChI is InChI=1S/C22H20O3.C19H22BrNO2/c23-22(24)16-9-17-7-10-18(11-8-17)19-12-14-21(15-13-19)25-20-5-3-1-2-4-6-20;20-16-11-12-18(17(14-16)19(21)22)23-13-7-2-1-4-8-15-9-5-3-6-10-15/h1,3-8,10-15H,2,9,16H2,(H,23,24);3,5-6,9-12,14H,1-2,4,7-8,13H2,(H2,21,22). The first kappa shape index (κ1) is 36.0. The summed E-state index contributed by atoms with van der Waals surface area (Å²) in [6, 6.07) is 31.8. The van der Waals surface area contributed by atoms with Crippen LogP contribution in [0.25, 0.3) is 11.1 Å². The second-order valence-electron chi connectivity index (χ2n) is 11.4. The van der Waals surface area contributed by atoms with Gasteiger partial charge in [-0.2, -0.15) is 0 Å². The third-order valence-electron chi connectivity index (χ3n) is 7.62. The van der Waals surface area contributed by atoms with Gasteiger partial charge in [0, 0.05) is 10.9 Å². The Balaban J connectivity index is 0.000000218. The van der Waals surface area contributed by atoms with Crippen LogP contribution < -0.4 is 15.2 Å². The summed E-state index contributed by atoms with van der Waals surface area (Å²) in [7, 11) is 0. The Morgan fingerprint density at radius 1 is 0.771 bits per heavy atom. The van der Waals surface area contributed by atoms with E-state index in [9.17, 15) is 9.59 Å². The number of benzene rings is 4. The highest BCUT2D eigenvalue weighted by Gasteiger charge is 2.10. The van der Waals surface area contributed by atoms with Gasteiger partial charge >= 0.3 is 5.97 Å². The van der Waals surface area contributed by atoms with Crippen LogP contribution >= 0.6 is 15.9 Å². The van der Waals surface area contributed by atoms with Crippen LogP contribution in [0.15, 0.2) is 138 Å². The summed E-state index contributed by atoms with van der Waals surface area (Å²) in [5.74, 6) is 0.945. The molecule has 3 N–H and O–H groups in total. The lowest BCUT2D eigenvalue weighted by atomic mass is 10.0. The normalized spacial score (nSPS) is 11.9. The molecule has 1 aliphatic rings. The van der Waals surface area contributed by atoms with Gasteiger partial charge in [-0.05, 0) is 96.8 Å². The van der Waals surface area contributed by atoms with Crippen molar-refractivity contribution in [2.24, 2.45) is 5.73 Å². The minimum absolute atomic E-state index is 0.158. The second-order valence-corrected chi connectivity index (χ2v) is 12.3. The third kappa shape index (κ3) is 12.7. The van der Waals surface area contributed by atoms with Crippen LogP contribution in [-0.2, 0) is 17.6 Å². The number of carbonyl (C=O) groups is 2. The Hall–Kier alpha value is -4.88. The molecule has 248 valence electrons. The molecule has 0 saturated heterocycles. The molecule has 7 heteroatoms. The summed E-state index contributed by atoms with van der Waals surface area (Å²) in [4.78, 5) is 22.0. The van der Waals surface area contributed by atoms with Crippen LogP contribution in [0, 0.1) is 0 Å². The zero-order valence-corrected chi connectivity index (χ0v) is 28.6. The minimum atomic E-state index is -0.770. The quantitative estimate of drug-likeness (QED) is 0.120. The summed E-state index contributed by atoms with van der Waals surface area (Å²) in [6.45, 7) is 0.604. The first-order valence-electron chi connectivity index (χ1n) is 16.3. The number of amides is 1. The predicted octanol–water partition coefficient (Wildman–Crippen LogP) is 9.88. The molecule has 1 amide bonds. The fourth-order valence-electron chi connectivity index (χ4n) is 5.03. The number of aryl methyl sites for hydroxylation is 2. The Morgan fingerprint density at radius 3 is 2.17 bits per heavy atom. The molecule has 0 spiro atoms. The SMILES string of the molecule is NC(=O)c1cc(Br)ccc1OCCCCCCc1ccccc1.O=C(O)CCc1ccc(-c2ccc(OC3=CC=CCC=C3)cc2)cc1. The number of allylic oxidation sites excluding steroid dienone is 5. The van der Waals surface area contributed by atoms with E-state index >= 15 is 0 Å². The van der Waals surface area contributed by atoms with Crippen molar-refractivity contribution in [1.29, 1.82) is 0 Å². The van der Waals surface area contributed by atoms with Gasteiger partial charge < -0.3 is 20.3 Å². The molecular weight excluding hydrogens is 666 g/mol. The molecule has 5 rings (SSSR count). The third-order valence-corrected chi connectivity index (χ3v) is 8.12. The number of ether oxygens (including phenoxy) is 2. The lowest BCUT2D eigenvalue weighted by Gasteiger charge is -2.10. The number of primary amides is 1. The number of carbonyl (C=O) groups excluding carboxylic acids is 1. The van der Waals surface area contributed by atoms with Crippen molar-refractivity contribution in [3.63, 3.8) is 0 Å². The molecule has 0 saturated carbocycles. The molecule has 4 aromatic carbocycles. The second kappa shape index (κ2) is 19.7. The monoisotopic (exact) mass is 707 g/mol. The molecule has 6 nitrogen and oxygen atoms in total. The number of carboxylic acid groups (broad SMARTS) is 1. The lowest BCUT2D eigenvalue weighted by Crippen LogP contribution is -2.13. The summed E-state index contributed by atoms with van der Waals surface area (Å²) >= 11 is 3.33. The topological polar surface area (TPSA) is 98.9 Å². The van der Waals surface area contributed by atoms with Crippen molar-refractivity contribution in [1.82, 2.24) is 0 Å². The number of carboxylic acids is 1. The first-order chi connectivity index (χ1) is 23.4. The van der Waals surface area contributed by atoms with E-state index in [1.165, 1.54) is 18.4 Å². The summed E-state index contributed by atoms with van der Waals surface area (Å²) in [6.07, 6.45) is 17.3. The molecule has 1 aliphatic carbocycles. The van der Waals surface area contributed by atoms with E-state index in [-0.39, 0.29) is 6.42 Å². The highest BCUT2D eigenvalue weighted by Crippen LogP contribution is 2.25. The van der Waals surface area contributed by atoms with E-state index in [1.54, 1.807) is 12.1 Å². The van der Waals surface area contributed by atoms with Gasteiger partial charge in [-0.1, -0.05) is 114 Å². The Bertz CT molecular complexity index is 1690. The Morgan fingerprint density at radius 2 is 1.46 bits per heavy atom. The number of halogens is 1. The number of rotatable bonds is 15. The Kier molecular flexibility index (Phi) is 14.8. The van der Waals surface area contributed by atoms with Gasteiger partial charge in [0.05, 0.1) is 12.2 Å². The predicted molar refractivity (Wildman–Crippen MR) is 196 cm³/mol. The van der Waals surface area contributed by atoms with Crippen molar-refractivity contribution in [3.05, 3.63) is 154 Å². The van der Waals surface area contributed by atoms with Gasteiger partial charge in [-0.25, -0.2) is 0 Å². The van der Waals surface area contributed by atoms with Crippen molar-refractivity contribution < 1.29 is 24.2 Å². The van der Waals surface area contributed by atoms with Gasteiger partial charge in [0.2, 0.25) is 0 Å². The minimum Gasteiger partial charge on any atom is -0.493 e. The molecule has 0 radical (unpaired) electrons. The van der Waals surface area contributed by atoms with Crippen molar-refractivity contribution >= 4 is 27.8 Å². The van der Waals surface area contributed by atoms with Crippen molar-refractivity contribution in [2.75, 3.05) is 6.61 Å². The highest BCUT2D eigenvalue weighted by atomic mass is 79.9. The van der Waals surface area contributed by atoms with E-state index in [0.29, 0.717) is 24.3 Å². The molecule has 0 bridgehead atoms. The molecule has 48 heavy (non-hydrogen) atoms. The zero-order valence-electron chi connectivity index (χ0n) is 27.0. The fraction of sp³-hybridized carbons (Fsp3) is 0.220. The van der Waals surface area contributed by atoms with Gasteiger partial charge in [0.15, 0.2) is 0 Å². The molecule has 0 fully saturated rings. The number of hydrogen-bond donors (Lipinski definition) is 2. The van der Waals surface area contributed by atoms with Gasteiger partial charge in [-0.3, -0.25) is 9.59 Å². The first-order valence-corrected chi connectivity index (χ1v) is 17.0. The van der Waals surface area contributed by atoms with Gasteiger partial charge in [-0.15, -0.1) is 0 Å². The average Bonchev–Trinajstić information content (AvgIpc) is 3.37. The molecule has 0 atom stereocenters. The number of unbranched alkanes of at least 4 members (excludes halogenated alkanes) is 3. The average molecular weight is 709 g/mol. The smallest absolute Gasteiger partial charge is 0.303 e. The molecule has 4 aromatic rings. The summed E-state index contributed by atoms with van der Waals surface area (Å²) in [5.41, 5.74) is 10.4. The zero-order chi connectivity index (χ0) is 34.0. The molecule has 0 unspecified atom stereocenters. The van der Waals surface area contributed by atoms with Crippen LogP contribution in [0.1, 0.15) is 60.0 Å². The number of hydrogen-bond acceptors (Lipinski definition) is 4. The van der Waals surface area contributed by atoms with E-state index in [0.717, 1.165) is 58.4 Å². The lowest BCUT2D eigenvalue weighted by molar-refractivity contribution is -0.136. The molecule has 0 heterocycles. The highest BCUT2D eigenvalue weighted by molar-refractivity contribution is 9.10. The van der Waals surface area contributed by atoms with Crippen LogP contribution in [0.3, 0.4) is 0 Å². The maximum atomic E-state index is 11.4. The van der Waals surface area contributed by atoms with Crippen LogP contribution in [0.4, 0.5) is 0 Å². The van der Waals surface area contributed by atoms with E-state index in [4.69, 9.17) is 20.3 Å².